The molecule has 0 amide bonds. The molecule has 0 saturated carbocycles. The summed E-state index contributed by atoms with van der Waals surface area (Å²) in [4.78, 5) is 12.4. The summed E-state index contributed by atoms with van der Waals surface area (Å²) in [5.74, 6) is -0.00753. The van der Waals surface area contributed by atoms with Crippen molar-refractivity contribution < 1.29 is 13.2 Å². The summed E-state index contributed by atoms with van der Waals surface area (Å²) in [5, 5.41) is 3.05. The summed E-state index contributed by atoms with van der Waals surface area (Å²) in [7, 11) is -3.44. The molecule has 0 aromatic heterocycles. The van der Waals surface area contributed by atoms with Crippen LogP contribution in [0.2, 0.25) is 0 Å². The molecule has 0 aliphatic carbocycles. The van der Waals surface area contributed by atoms with Gasteiger partial charge in [-0.05, 0) is 37.1 Å². The van der Waals surface area contributed by atoms with Gasteiger partial charge in [0.25, 0.3) is 0 Å². The lowest BCUT2D eigenvalue weighted by atomic mass is 10.1. The van der Waals surface area contributed by atoms with Crippen molar-refractivity contribution in [3.63, 3.8) is 0 Å². The van der Waals surface area contributed by atoms with E-state index in [2.05, 4.69) is 5.32 Å². The van der Waals surface area contributed by atoms with E-state index in [1.54, 1.807) is 40.7 Å². The van der Waals surface area contributed by atoms with Crippen LogP contribution in [0.1, 0.15) is 36.0 Å². The smallest absolute Gasteiger partial charge is 0.243 e. The summed E-state index contributed by atoms with van der Waals surface area (Å²) in [6.45, 7) is 1.35. The van der Waals surface area contributed by atoms with Crippen molar-refractivity contribution in [2.24, 2.45) is 0 Å². The fraction of sp³-hybridized carbons (Fsp3) is 0.350. The van der Waals surface area contributed by atoms with Gasteiger partial charge in [0.05, 0.1) is 11.4 Å². The van der Waals surface area contributed by atoms with Crippen molar-refractivity contribution in [3.05, 3.63) is 60.2 Å². The lowest BCUT2D eigenvalue weighted by Gasteiger charge is -2.20. The second-order valence-corrected chi connectivity index (χ2v) is 8.42. The van der Waals surface area contributed by atoms with Gasteiger partial charge >= 0.3 is 0 Å². The minimum absolute atomic E-state index is 0.00753. The highest BCUT2D eigenvalue weighted by Gasteiger charge is 2.24. The summed E-state index contributed by atoms with van der Waals surface area (Å²) in [5.41, 5.74) is 1.38. The van der Waals surface area contributed by atoms with Gasteiger partial charge in [0.15, 0.2) is 5.78 Å². The molecule has 1 heterocycles. The van der Waals surface area contributed by atoms with Gasteiger partial charge in [0, 0.05) is 24.3 Å². The third-order valence-electron chi connectivity index (χ3n) is 4.61. The van der Waals surface area contributed by atoms with E-state index >= 15 is 0 Å². The molecule has 0 radical (unpaired) electrons. The lowest BCUT2D eigenvalue weighted by molar-refractivity contribution is 0.101. The van der Waals surface area contributed by atoms with E-state index < -0.39 is 10.0 Å². The van der Waals surface area contributed by atoms with Crippen molar-refractivity contribution in [2.75, 3.05) is 25.0 Å². The Morgan fingerprint density at radius 1 is 0.885 bits per heavy atom. The number of sulfonamides is 1. The maximum Gasteiger partial charge on any atom is 0.243 e. The van der Waals surface area contributed by atoms with Gasteiger partial charge < -0.3 is 5.32 Å². The number of benzene rings is 2. The van der Waals surface area contributed by atoms with Crippen molar-refractivity contribution in [2.45, 2.75) is 30.6 Å². The average molecular weight is 372 g/mol. The molecule has 6 heteroatoms. The van der Waals surface area contributed by atoms with Crippen LogP contribution < -0.4 is 5.32 Å². The van der Waals surface area contributed by atoms with Gasteiger partial charge in [-0.25, -0.2) is 8.42 Å². The Kier molecular flexibility index (Phi) is 6.06. The standard InChI is InChI=1S/C20H24N2O3S/c23-20(17-8-4-3-5-9-17)16-21-18-10-12-19(13-11-18)26(24,25)22-14-6-1-2-7-15-22/h3-5,8-13,21H,1-2,6-7,14-16H2. The Morgan fingerprint density at radius 2 is 1.50 bits per heavy atom. The Balaban J connectivity index is 1.63. The molecule has 1 fully saturated rings. The zero-order valence-electron chi connectivity index (χ0n) is 14.7. The molecule has 1 saturated heterocycles. The number of carbonyl (C=O) groups is 1. The second-order valence-electron chi connectivity index (χ2n) is 6.49. The van der Waals surface area contributed by atoms with Crippen LogP contribution >= 0.6 is 0 Å². The van der Waals surface area contributed by atoms with Crippen LogP contribution in [-0.2, 0) is 10.0 Å². The van der Waals surface area contributed by atoms with Crippen LogP contribution in [0, 0.1) is 0 Å². The average Bonchev–Trinajstić information content (AvgIpc) is 2.97. The van der Waals surface area contributed by atoms with E-state index in [4.69, 9.17) is 0 Å². The molecule has 0 unspecified atom stereocenters. The van der Waals surface area contributed by atoms with Crippen molar-refractivity contribution in [1.82, 2.24) is 4.31 Å². The molecule has 5 nitrogen and oxygen atoms in total. The van der Waals surface area contributed by atoms with Crippen LogP contribution in [0.3, 0.4) is 0 Å². The number of hydrogen-bond acceptors (Lipinski definition) is 4. The molecule has 0 atom stereocenters. The van der Waals surface area contributed by atoms with Crippen molar-refractivity contribution >= 4 is 21.5 Å². The highest BCUT2D eigenvalue weighted by Crippen LogP contribution is 2.21. The first-order valence-electron chi connectivity index (χ1n) is 9.00. The molecule has 138 valence electrons. The lowest BCUT2D eigenvalue weighted by Crippen LogP contribution is -2.31. The molecule has 2 aromatic carbocycles. The molecule has 3 rings (SSSR count). The fourth-order valence-electron chi connectivity index (χ4n) is 3.08. The van der Waals surface area contributed by atoms with E-state index in [0.717, 1.165) is 31.4 Å². The van der Waals surface area contributed by atoms with Crippen LogP contribution in [0.4, 0.5) is 5.69 Å². The number of anilines is 1. The normalized spacial score (nSPS) is 16.0. The second kappa shape index (κ2) is 8.47. The zero-order chi connectivity index (χ0) is 18.4. The largest absolute Gasteiger partial charge is 0.378 e. The number of Topliss-reactive ketones (excluding diaryl/α,β-unsaturated/α-hetero) is 1. The van der Waals surface area contributed by atoms with Gasteiger partial charge in [-0.15, -0.1) is 0 Å². The molecule has 26 heavy (non-hydrogen) atoms. The first-order valence-corrected chi connectivity index (χ1v) is 10.4. The maximum atomic E-state index is 12.8. The molecule has 1 aliphatic rings. The molecule has 2 aromatic rings. The number of hydrogen-bond donors (Lipinski definition) is 1. The van der Waals surface area contributed by atoms with Gasteiger partial charge in [0.2, 0.25) is 10.0 Å². The molecular weight excluding hydrogens is 348 g/mol. The third-order valence-corrected chi connectivity index (χ3v) is 6.52. The number of ketones is 1. The monoisotopic (exact) mass is 372 g/mol. The van der Waals surface area contributed by atoms with Crippen LogP contribution in [0.5, 0.6) is 0 Å². The van der Waals surface area contributed by atoms with E-state index in [-0.39, 0.29) is 12.3 Å². The van der Waals surface area contributed by atoms with E-state index in [0.29, 0.717) is 23.5 Å². The summed E-state index contributed by atoms with van der Waals surface area (Å²) in [6, 6.07) is 15.7. The first kappa shape index (κ1) is 18.6. The number of rotatable bonds is 6. The molecule has 1 N–H and O–H groups in total. The molecule has 0 bridgehead atoms. The maximum absolute atomic E-state index is 12.8. The number of nitrogens with one attached hydrogen (secondary N) is 1. The van der Waals surface area contributed by atoms with Gasteiger partial charge in [-0.3, -0.25) is 4.79 Å². The highest BCUT2D eigenvalue weighted by atomic mass is 32.2. The van der Waals surface area contributed by atoms with Gasteiger partial charge in [0.1, 0.15) is 0 Å². The third kappa shape index (κ3) is 4.51. The van der Waals surface area contributed by atoms with Crippen molar-refractivity contribution in [3.8, 4) is 0 Å². The van der Waals surface area contributed by atoms with Crippen LogP contribution in [-0.4, -0.2) is 38.1 Å². The van der Waals surface area contributed by atoms with E-state index in [1.807, 2.05) is 18.2 Å². The Hall–Kier alpha value is -2.18. The molecule has 0 spiro atoms. The fourth-order valence-corrected chi connectivity index (χ4v) is 4.60. The minimum Gasteiger partial charge on any atom is -0.378 e. The highest BCUT2D eigenvalue weighted by molar-refractivity contribution is 7.89. The quantitative estimate of drug-likeness (QED) is 0.788. The van der Waals surface area contributed by atoms with Crippen molar-refractivity contribution in [1.29, 1.82) is 0 Å². The predicted octanol–water partition coefficient (Wildman–Crippen LogP) is 3.55. The zero-order valence-corrected chi connectivity index (χ0v) is 15.5. The summed E-state index contributed by atoms with van der Waals surface area (Å²) >= 11 is 0. The van der Waals surface area contributed by atoms with E-state index in [9.17, 15) is 13.2 Å². The van der Waals surface area contributed by atoms with E-state index in [1.165, 1.54) is 0 Å². The predicted molar refractivity (Wildman–Crippen MR) is 103 cm³/mol. The number of carbonyl (C=O) groups excluding carboxylic acids is 1. The number of nitrogens with zero attached hydrogens (tertiary/aromatic N) is 1. The SMILES string of the molecule is O=C(CNc1ccc(S(=O)(=O)N2CCCCCC2)cc1)c1ccccc1. The van der Waals surface area contributed by atoms with Gasteiger partial charge in [-0.2, -0.15) is 4.31 Å². The first-order chi connectivity index (χ1) is 12.6. The topological polar surface area (TPSA) is 66.5 Å². The Bertz CT molecular complexity index is 825. The Morgan fingerprint density at radius 3 is 2.12 bits per heavy atom. The summed E-state index contributed by atoms with van der Waals surface area (Å²) in [6.07, 6.45) is 4.01. The summed E-state index contributed by atoms with van der Waals surface area (Å²) < 4.78 is 27.1. The Labute approximate surface area is 155 Å². The van der Waals surface area contributed by atoms with Crippen LogP contribution in [0.25, 0.3) is 0 Å². The van der Waals surface area contributed by atoms with Gasteiger partial charge in [-0.1, -0.05) is 43.2 Å². The minimum atomic E-state index is -3.44. The molecular formula is C20H24N2O3S. The molecule has 1 aliphatic heterocycles. The van der Waals surface area contributed by atoms with Crippen LogP contribution in [0.15, 0.2) is 59.5 Å².